The van der Waals surface area contributed by atoms with Crippen LogP contribution in [0.1, 0.15) is 28.4 Å². The van der Waals surface area contributed by atoms with Crippen LogP contribution in [0.4, 0.5) is 5.13 Å². The Labute approximate surface area is 173 Å². The summed E-state index contributed by atoms with van der Waals surface area (Å²) in [6.07, 6.45) is 0. The number of rotatable bonds is 8. The highest BCUT2D eigenvalue weighted by Crippen LogP contribution is 2.28. The summed E-state index contributed by atoms with van der Waals surface area (Å²) in [5, 5.41) is 14.0. The van der Waals surface area contributed by atoms with Gasteiger partial charge in [0.1, 0.15) is 6.54 Å². The molecular formula is C22H23N3O3S. The maximum atomic E-state index is 11.9. The van der Waals surface area contributed by atoms with Gasteiger partial charge in [-0.05, 0) is 31.5 Å². The van der Waals surface area contributed by atoms with Crippen molar-refractivity contribution in [1.29, 1.82) is 0 Å². The summed E-state index contributed by atoms with van der Waals surface area (Å²) < 4.78 is 0. The molecule has 0 aliphatic rings. The zero-order valence-electron chi connectivity index (χ0n) is 16.4. The van der Waals surface area contributed by atoms with Crippen molar-refractivity contribution in [2.75, 3.05) is 18.0 Å². The normalized spacial score (nSPS) is 10.6. The highest BCUT2D eigenvalue weighted by Gasteiger charge is 2.12. The zero-order chi connectivity index (χ0) is 20.8. The number of benzene rings is 2. The average Bonchev–Trinajstić information content (AvgIpc) is 3.21. The fraction of sp³-hybridized carbons (Fsp3) is 0.227. The van der Waals surface area contributed by atoms with Gasteiger partial charge in [-0.2, -0.15) is 0 Å². The molecule has 0 fully saturated rings. The molecular weight excluding hydrogens is 386 g/mol. The van der Waals surface area contributed by atoms with Gasteiger partial charge < -0.3 is 15.3 Å². The number of aliphatic carboxylic acids is 1. The Morgan fingerprint density at radius 3 is 2.41 bits per heavy atom. The van der Waals surface area contributed by atoms with E-state index in [1.165, 1.54) is 5.56 Å². The number of amides is 1. The van der Waals surface area contributed by atoms with Crippen molar-refractivity contribution >= 4 is 28.3 Å². The van der Waals surface area contributed by atoms with Crippen LogP contribution in [-0.4, -0.2) is 35.1 Å². The first-order chi connectivity index (χ1) is 14.0. The first-order valence-corrected chi connectivity index (χ1v) is 10.2. The van der Waals surface area contributed by atoms with Crippen LogP contribution in [-0.2, 0) is 11.3 Å². The zero-order valence-corrected chi connectivity index (χ0v) is 17.2. The van der Waals surface area contributed by atoms with Gasteiger partial charge in [0, 0.05) is 29.6 Å². The molecule has 6 nitrogen and oxygen atoms in total. The van der Waals surface area contributed by atoms with Gasteiger partial charge >= 0.3 is 5.97 Å². The quantitative estimate of drug-likeness (QED) is 0.588. The second-order valence-corrected chi connectivity index (χ2v) is 7.51. The minimum atomic E-state index is -1.07. The number of hydrogen-bond donors (Lipinski definition) is 2. The van der Waals surface area contributed by atoms with E-state index >= 15 is 0 Å². The number of hydrogen-bond acceptors (Lipinski definition) is 5. The van der Waals surface area contributed by atoms with Gasteiger partial charge in [0.2, 0.25) is 0 Å². The molecule has 0 spiro atoms. The number of nitrogens with zero attached hydrogens (tertiary/aromatic N) is 2. The van der Waals surface area contributed by atoms with Gasteiger partial charge in [-0.15, -0.1) is 11.3 Å². The lowest BCUT2D eigenvalue weighted by Gasteiger charge is -2.20. The van der Waals surface area contributed by atoms with Crippen molar-refractivity contribution in [1.82, 2.24) is 10.3 Å². The third-order valence-corrected chi connectivity index (χ3v) is 5.38. The fourth-order valence-corrected chi connectivity index (χ4v) is 3.72. The van der Waals surface area contributed by atoms with E-state index in [2.05, 4.69) is 53.7 Å². The summed E-state index contributed by atoms with van der Waals surface area (Å²) in [7, 11) is 0. The van der Waals surface area contributed by atoms with Crippen LogP contribution in [0.3, 0.4) is 0 Å². The lowest BCUT2D eigenvalue weighted by Crippen LogP contribution is -2.29. The maximum absolute atomic E-state index is 11.9. The van der Waals surface area contributed by atoms with Gasteiger partial charge in [0.25, 0.3) is 5.91 Å². The summed E-state index contributed by atoms with van der Waals surface area (Å²) in [6.45, 7) is 5.24. The summed E-state index contributed by atoms with van der Waals surface area (Å²) >= 11 is 1.61. The molecule has 0 radical (unpaired) electrons. The molecule has 3 rings (SSSR count). The molecule has 0 saturated heterocycles. The molecule has 0 unspecified atom stereocenters. The van der Waals surface area contributed by atoms with Gasteiger partial charge in [0.15, 0.2) is 5.13 Å². The number of carboxylic acid groups (broad SMARTS) is 1. The maximum Gasteiger partial charge on any atom is 0.322 e. The molecule has 1 heterocycles. The van der Waals surface area contributed by atoms with Crippen LogP contribution in [0.2, 0.25) is 0 Å². The number of carboxylic acids is 1. The number of thiazole rings is 1. The molecule has 29 heavy (non-hydrogen) atoms. The molecule has 3 aromatic rings. The van der Waals surface area contributed by atoms with Crippen LogP contribution in [0.15, 0.2) is 53.9 Å². The first-order valence-electron chi connectivity index (χ1n) is 9.32. The summed E-state index contributed by atoms with van der Waals surface area (Å²) in [5.74, 6) is -1.46. The van der Waals surface area contributed by atoms with E-state index in [9.17, 15) is 9.59 Å². The van der Waals surface area contributed by atoms with Crippen molar-refractivity contribution < 1.29 is 14.7 Å². The highest BCUT2D eigenvalue weighted by atomic mass is 32.1. The van der Waals surface area contributed by atoms with Crippen LogP contribution in [0.5, 0.6) is 0 Å². The monoisotopic (exact) mass is 409 g/mol. The third kappa shape index (κ3) is 5.42. The van der Waals surface area contributed by atoms with Crippen LogP contribution < -0.4 is 10.2 Å². The molecule has 0 atom stereocenters. The van der Waals surface area contributed by atoms with Crippen molar-refractivity contribution in [2.24, 2.45) is 0 Å². The smallest absolute Gasteiger partial charge is 0.322 e. The Morgan fingerprint density at radius 2 is 1.79 bits per heavy atom. The number of carbonyl (C=O) groups is 2. The Balaban J connectivity index is 1.68. The van der Waals surface area contributed by atoms with Gasteiger partial charge in [0.05, 0.1) is 5.69 Å². The van der Waals surface area contributed by atoms with Crippen molar-refractivity contribution in [2.45, 2.75) is 20.4 Å². The number of nitrogens with one attached hydrogen (secondary N) is 1. The molecule has 0 bridgehead atoms. The fourth-order valence-electron chi connectivity index (χ4n) is 2.82. The van der Waals surface area contributed by atoms with E-state index in [0.29, 0.717) is 12.1 Å². The predicted molar refractivity (Wildman–Crippen MR) is 115 cm³/mol. The number of aryl methyl sites for hydroxylation is 1. The molecule has 7 heteroatoms. The highest BCUT2D eigenvalue weighted by molar-refractivity contribution is 7.14. The van der Waals surface area contributed by atoms with Crippen molar-refractivity contribution in [3.05, 3.63) is 70.6 Å². The second kappa shape index (κ2) is 9.34. The number of anilines is 1. The number of aromatic nitrogens is 1. The molecule has 150 valence electrons. The number of carbonyl (C=O) groups excluding carboxylic acids is 1. The SMILES string of the molecule is CCN(Cc1ccc(C(=O)NCC(=O)O)cc1)c1nc(-c2ccc(C)cc2)cs1. The molecule has 2 N–H and O–H groups in total. The van der Waals surface area contributed by atoms with Gasteiger partial charge in [-0.25, -0.2) is 4.98 Å². The molecule has 0 aliphatic carbocycles. The predicted octanol–water partition coefficient (Wildman–Crippen LogP) is 3.96. The molecule has 1 aromatic heterocycles. The second-order valence-electron chi connectivity index (χ2n) is 6.67. The Morgan fingerprint density at radius 1 is 1.10 bits per heavy atom. The van der Waals surface area contributed by atoms with E-state index in [1.807, 2.05) is 12.1 Å². The summed E-state index contributed by atoms with van der Waals surface area (Å²) in [6, 6.07) is 15.5. The van der Waals surface area contributed by atoms with Crippen LogP contribution >= 0.6 is 11.3 Å². The molecule has 0 saturated carbocycles. The molecule has 2 aromatic carbocycles. The lowest BCUT2D eigenvalue weighted by molar-refractivity contribution is -0.135. The molecule has 1 amide bonds. The van der Waals surface area contributed by atoms with Gasteiger partial charge in [-0.1, -0.05) is 42.0 Å². The van der Waals surface area contributed by atoms with Crippen molar-refractivity contribution in [3.63, 3.8) is 0 Å². The van der Waals surface area contributed by atoms with Gasteiger partial charge in [-0.3, -0.25) is 9.59 Å². The lowest BCUT2D eigenvalue weighted by atomic mass is 10.1. The van der Waals surface area contributed by atoms with E-state index in [1.54, 1.807) is 23.5 Å². The van der Waals surface area contributed by atoms with Crippen LogP contribution in [0.25, 0.3) is 11.3 Å². The minimum Gasteiger partial charge on any atom is -0.480 e. The third-order valence-electron chi connectivity index (χ3n) is 4.48. The summed E-state index contributed by atoms with van der Waals surface area (Å²) in [4.78, 5) is 29.5. The Bertz CT molecular complexity index is 981. The van der Waals surface area contributed by atoms with Crippen molar-refractivity contribution in [3.8, 4) is 11.3 Å². The first kappa shape index (κ1) is 20.5. The minimum absolute atomic E-state index is 0.391. The van der Waals surface area contributed by atoms with E-state index in [-0.39, 0.29) is 0 Å². The van der Waals surface area contributed by atoms with Crippen LogP contribution in [0, 0.1) is 6.92 Å². The van der Waals surface area contributed by atoms with E-state index < -0.39 is 18.4 Å². The standard InChI is InChI=1S/C22H23N3O3S/c1-3-25(22-24-19(14-29-22)17-8-4-15(2)5-9-17)13-16-6-10-18(11-7-16)21(28)23-12-20(26)27/h4-11,14H,3,12-13H2,1-2H3,(H,23,28)(H,26,27). The van der Waals surface area contributed by atoms with E-state index in [0.717, 1.165) is 28.5 Å². The molecule has 0 aliphatic heterocycles. The Hall–Kier alpha value is -3.19. The summed E-state index contributed by atoms with van der Waals surface area (Å²) in [5.41, 5.74) is 4.78. The average molecular weight is 410 g/mol. The van der Waals surface area contributed by atoms with E-state index in [4.69, 9.17) is 10.1 Å². The topological polar surface area (TPSA) is 82.5 Å². The Kier molecular flexibility index (Phi) is 6.61. The largest absolute Gasteiger partial charge is 0.480 e.